The molecule has 4 rings (SSSR count). The van der Waals surface area contributed by atoms with Gasteiger partial charge in [-0.1, -0.05) is 0 Å². The number of nitrogen functional groups attached to an aromatic ring is 2. The average molecular weight is 452 g/mol. The van der Waals surface area contributed by atoms with Crippen LogP contribution in [0.25, 0.3) is 22.3 Å². The number of fused-ring (bicyclic) bond motifs is 2. The first-order valence-corrected chi connectivity index (χ1v) is 10.9. The molecular formula is C14H16N10Te. The van der Waals surface area contributed by atoms with E-state index in [0.29, 0.717) is 22.7 Å². The molecule has 0 bridgehead atoms. The minimum atomic E-state index is -0.149. The molecule has 4 heterocycles. The van der Waals surface area contributed by atoms with Gasteiger partial charge < -0.3 is 0 Å². The van der Waals surface area contributed by atoms with Gasteiger partial charge in [-0.3, -0.25) is 0 Å². The van der Waals surface area contributed by atoms with Crippen LogP contribution in [0.1, 0.15) is 0 Å². The fourth-order valence-electron chi connectivity index (χ4n) is 2.55. The maximum absolute atomic E-state index is 5.81. The number of hydrogen-bond acceptors (Lipinski definition) is 8. The van der Waals surface area contributed by atoms with Crippen molar-refractivity contribution in [3.63, 3.8) is 0 Å². The third-order valence-corrected chi connectivity index (χ3v) is 6.50. The average Bonchev–Trinajstić information content (AvgIpc) is 3.21. The van der Waals surface area contributed by atoms with Gasteiger partial charge in [-0.2, -0.15) is 0 Å². The van der Waals surface area contributed by atoms with Crippen molar-refractivity contribution in [3.8, 4) is 0 Å². The maximum atomic E-state index is 5.81. The Kier molecular flexibility index (Phi) is 4.33. The van der Waals surface area contributed by atoms with Gasteiger partial charge in [-0.05, 0) is 0 Å². The van der Waals surface area contributed by atoms with Crippen LogP contribution in [-0.2, 0) is 13.1 Å². The van der Waals surface area contributed by atoms with Crippen LogP contribution in [0.2, 0.25) is 8.94 Å². The van der Waals surface area contributed by atoms with Crippen molar-refractivity contribution in [2.45, 2.75) is 22.0 Å². The van der Waals surface area contributed by atoms with E-state index in [0.717, 1.165) is 33.3 Å². The van der Waals surface area contributed by atoms with E-state index in [1.807, 2.05) is 9.13 Å². The minimum absolute atomic E-state index is 0.149. The Hall–Kier alpha value is -2.51. The molecule has 128 valence electrons. The molecule has 0 aromatic carbocycles. The van der Waals surface area contributed by atoms with Crippen molar-refractivity contribution >= 4 is 54.9 Å². The third-order valence-electron chi connectivity index (χ3n) is 3.81. The molecule has 0 spiro atoms. The molecule has 0 unspecified atom stereocenters. The Morgan fingerprint density at radius 1 is 0.720 bits per heavy atom. The summed E-state index contributed by atoms with van der Waals surface area (Å²) in [7, 11) is 0. The Balaban J connectivity index is 1.33. The van der Waals surface area contributed by atoms with Crippen LogP contribution in [0.5, 0.6) is 0 Å². The van der Waals surface area contributed by atoms with E-state index in [9.17, 15) is 0 Å². The molecule has 10 nitrogen and oxygen atoms in total. The Bertz CT molecular complexity index is 941. The first-order valence-electron chi connectivity index (χ1n) is 7.64. The summed E-state index contributed by atoms with van der Waals surface area (Å²) in [4.78, 5) is 25.0. The van der Waals surface area contributed by atoms with E-state index < -0.39 is 0 Å². The molecule has 4 aromatic heterocycles. The van der Waals surface area contributed by atoms with Gasteiger partial charge in [0, 0.05) is 0 Å². The molecule has 0 amide bonds. The molecule has 4 N–H and O–H groups in total. The van der Waals surface area contributed by atoms with Crippen LogP contribution >= 0.6 is 0 Å². The van der Waals surface area contributed by atoms with E-state index in [2.05, 4.69) is 29.9 Å². The first kappa shape index (κ1) is 16.0. The van der Waals surface area contributed by atoms with E-state index in [4.69, 9.17) is 11.5 Å². The quantitative estimate of drug-likeness (QED) is 0.316. The van der Waals surface area contributed by atoms with Crippen molar-refractivity contribution in [1.82, 2.24) is 39.0 Å². The van der Waals surface area contributed by atoms with Crippen molar-refractivity contribution in [3.05, 3.63) is 25.3 Å². The second-order valence-electron chi connectivity index (χ2n) is 5.35. The predicted octanol–water partition coefficient (Wildman–Crippen LogP) is 0.371. The molecule has 4 aromatic rings. The first-order chi connectivity index (χ1) is 12.2. The number of nitrogens with two attached hydrogens (primary N) is 2. The van der Waals surface area contributed by atoms with Crippen molar-refractivity contribution in [2.24, 2.45) is 0 Å². The standard InChI is InChI=1S/C14H16N10Te/c15-11-9-13(19-5-17-11)23(7-21-9)1-3-25-4-2-24-8-22-10-12(16)18-6-20-14(10)24/h5-8H,1-4H2,(H2,15,17,19)(H2,16,18,20). The summed E-state index contributed by atoms with van der Waals surface area (Å²) >= 11 is -0.149. The Morgan fingerprint density at radius 3 is 1.68 bits per heavy atom. The normalized spacial score (nSPS) is 11.5. The van der Waals surface area contributed by atoms with E-state index >= 15 is 0 Å². The van der Waals surface area contributed by atoms with Gasteiger partial charge in [0.1, 0.15) is 0 Å². The van der Waals surface area contributed by atoms with Crippen LogP contribution in [0.15, 0.2) is 25.3 Å². The molecule has 25 heavy (non-hydrogen) atoms. The monoisotopic (exact) mass is 454 g/mol. The number of imidazole rings is 2. The van der Waals surface area contributed by atoms with Crippen LogP contribution in [0.3, 0.4) is 0 Å². The SMILES string of the molecule is Nc1ncnc2c1ncn2CC[Te]CCn1cnc2c(N)ncnc21. The third kappa shape index (κ3) is 3.08. The number of aromatic nitrogens is 8. The molecule has 0 aliphatic carbocycles. The van der Waals surface area contributed by atoms with Crippen molar-refractivity contribution in [2.75, 3.05) is 11.5 Å². The predicted molar refractivity (Wildman–Crippen MR) is 94.8 cm³/mol. The summed E-state index contributed by atoms with van der Waals surface area (Å²) in [6.07, 6.45) is 6.52. The molecule has 0 saturated heterocycles. The summed E-state index contributed by atoms with van der Waals surface area (Å²) in [5, 5.41) is 0. The van der Waals surface area contributed by atoms with Gasteiger partial charge in [0.25, 0.3) is 0 Å². The van der Waals surface area contributed by atoms with Gasteiger partial charge in [-0.15, -0.1) is 0 Å². The number of nitrogens with zero attached hydrogens (tertiary/aromatic N) is 8. The summed E-state index contributed by atoms with van der Waals surface area (Å²) < 4.78 is 6.37. The number of aryl methyl sites for hydroxylation is 2. The number of hydrogen-bond donors (Lipinski definition) is 2. The Morgan fingerprint density at radius 2 is 1.20 bits per heavy atom. The number of anilines is 2. The fourth-order valence-corrected chi connectivity index (χ4v) is 4.99. The molecule has 11 heteroatoms. The zero-order valence-electron chi connectivity index (χ0n) is 13.3. The van der Waals surface area contributed by atoms with E-state index in [1.165, 1.54) is 12.7 Å². The van der Waals surface area contributed by atoms with Crippen LogP contribution in [0, 0.1) is 0 Å². The summed E-state index contributed by atoms with van der Waals surface area (Å²) in [5.41, 5.74) is 14.6. The second-order valence-corrected chi connectivity index (χ2v) is 8.85. The van der Waals surface area contributed by atoms with Crippen LogP contribution in [-0.4, -0.2) is 60.0 Å². The van der Waals surface area contributed by atoms with Crippen LogP contribution < -0.4 is 11.5 Å². The van der Waals surface area contributed by atoms with Gasteiger partial charge in [0.15, 0.2) is 0 Å². The second kappa shape index (κ2) is 6.78. The number of rotatable bonds is 6. The molecular weight excluding hydrogens is 436 g/mol. The summed E-state index contributed by atoms with van der Waals surface area (Å²) in [6.45, 7) is 1.80. The zero-order chi connectivity index (χ0) is 17.2. The molecule has 0 radical (unpaired) electrons. The fraction of sp³-hybridized carbons (Fsp3) is 0.286. The Labute approximate surface area is 152 Å². The topological polar surface area (TPSA) is 139 Å². The summed E-state index contributed by atoms with van der Waals surface area (Å²) in [5.74, 6) is 0.849. The molecule has 0 saturated carbocycles. The van der Waals surface area contributed by atoms with Gasteiger partial charge >= 0.3 is 153 Å². The molecule has 0 fully saturated rings. The summed E-state index contributed by atoms with van der Waals surface area (Å²) in [6, 6.07) is 0. The van der Waals surface area contributed by atoms with E-state index in [1.54, 1.807) is 12.7 Å². The van der Waals surface area contributed by atoms with Gasteiger partial charge in [0.2, 0.25) is 0 Å². The van der Waals surface area contributed by atoms with Crippen LogP contribution in [0.4, 0.5) is 11.6 Å². The van der Waals surface area contributed by atoms with Crippen molar-refractivity contribution in [1.29, 1.82) is 0 Å². The van der Waals surface area contributed by atoms with Crippen molar-refractivity contribution < 1.29 is 0 Å². The van der Waals surface area contributed by atoms with E-state index in [-0.39, 0.29) is 20.9 Å². The zero-order valence-corrected chi connectivity index (χ0v) is 15.6. The molecule has 0 aliphatic rings. The molecule has 0 atom stereocenters. The van der Waals surface area contributed by atoms with Gasteiger partial charge in [0.05, 0.1) is 0 Å². The van der Waals surface area contributed by atoms with Gasteiger partial charge in [-0.25, -0.2) is 0 Å². The molecule has 0 aliphatic heterocycles.